The van der Waals surface area contributed by atoms with Crippen molar-refractivity contribution in [1.82, 2.24) is 9.80 Å². The molecule has 0 saturated heterocycles. The molecule has 1 aliphatic carbocycles. The molecule has 0 spiro atoms. The topological polar surface area (TPSA) is 46.9 Å². The van der Waals surface area contributed by atoms with Gasteiger partial charge in [0.25, 0.3) is 0 Å². The van der Waals surface area contributed by atoms with Gasteiger partial charge in [0.1, 0.15) is 11.5 Å². The van der Waals surface area contributed by atoms with Crippen molar-refractivity contribution in [3.63, 3.8) is 0 Å². The van der Waals surface area contributed by atoms with Crippen LogP contribution in [0.25, 0.3) is 22.3 Å². The van der Waals surface area contributed by atoms with Crippen LogP contribution in [0.5, 0.6) is 11.5 Å². The van der Waals surface area contributed by atoms with E-state index >= 15 is 0 Å². The number of likely N-dealkylation sites (N-methyl/N-ethyl adjacent to an activating group) is 2. The van der Waals surface area contributed by atoms with Gasteiger partial charge in [-0.15, -0.1) is 0 Å². The molecule has 5 rings (SSSR count). The molecule has 4 nitrogen and oxygen atoms in total. The molecule has 0 aromatic heterocycles. The second-order valence-corrected chi connectivity index (χ2v) is 10.7. The molecule has 0 heterocycles. The summed E-state index contributed by atoms with van der Waals surface area (Å²) < 4.78 is 0. The smallest absolute Gasteiger partial charge is 0.123 e. The summed E-state index contributed by atoms with van der Waals surface area (Å²) in [4.78, 5) is 5.03. The molecule has 2 N–H and O–H groups in total. The lowest BCUT2D eigenvalue weighted by Gasteiger charge is -2.42. The molecular weight excluding hydrogens is 468 g/mol. The zero-order chi connectivity index (χ0) is 26.5. The average Bonchev–Trinajstić information content (AvgIpc) is 2.94. The van der Waals surface area contributed by atoms with E-state index in [4.69, 9.17) is 0 Å². The Bertz CT molecular complexity index is 1260. The number of rotatable bonds is 8. The molecule has 1 saturated carbocycles. The first-order valence-electron chi connectivity index (χ1n) is 13.6. The Hall–Kier alpha value is -3.60. The highest BCUT2D eigenvalue weighted by Gasteiger charge is 2.31. The second kappa shape index (κ2) is 11.8. The summed E-state index contributed by atoms with van der Waals surface area (Å²) in [5.74, 6) is 0.636. The largest absolute Gasteiger partial charge is 0.507 e. The Morgan fingerprint density at radius 3 is 1.42 bits per heavy atom. The summed E-state index contributed by atoms with van der Waals surface area (Å²) >= 11 is 0. The van der Waals surface area contributed by atoms with Gasteiger partial charge in [0, 0.05) is 36.3 Å². The standard InChI is InChI=1S/C34H38N2O2/c1-35(23-25-11-9-13-27(21-25)29-15-3-7-19-33(29)37)31-17-5-6-18-32(31)36(2)24-26-12-10-14-28(22-26)30-16-4-8-20-34(30)38/h3-4,7-16,19-22,31-32,37-38H,5-6,17-18,23-24H2,1-2H3/t31-,32-/m1/s1. The van der Waals surface area contributed by atoms with Crippen molar-refractivity contribution >= 4 is 0 Å². The first-order valence-corrected chi connectivity index (χ1v) is 13.6. The van der Waals surface area contributed by atoms with E-state index in [1.54, 1.807) is 12.1 Å². The van der Waals surface area contributed by atoms with Crippen LogP contribution in [0.3, 0.4) is 0 Å². The van der Waals surface area contributed by atoms with Gasteiger partial charge in [-0.1, -0.05) is 85.6 Å². The minimum absolute atomic E-state index is 0.318. The number of aromatic hydroxyl groups is 2. The highest BCUT2D eigenvalue weighted by atomic mass is 16.3. The summed E-state index contributed by atoms with van der Waals surface area (Å²) in [5.41, 5.74) is 6.37. The first kappa shape index (κ1) is 26.0. The number of nitrogens with zero attached hydrogens (tertiary/aromatic N) is 2. The zero-order valence-electron chi connectivity index (χ0n) is 22.4. The van der Waals surface area contributed by atoms with Gasteiger partial charge >= 0.3 is 0 Å². The average molecular weight is 507 g/mol. The molecule has 0 amide bonds. The number of phenolic OH excluding ortho intramolecular Hbond substituents is 2. The van der Waals surface area contributed by atoms with Crippen molar-refractivity contribution in [2.75, 3.05) is 14.1 Å². The summed E-state index contributed by atoms with van der Waals surface area (Å²) in [7, 11) is 4.50. The molecule has 2 atom stereocenters. The van der Waals surface area contributed by atoms with Gasteiger partial charge in [0.2, 0.25) is 0 Å². The predicted molar refractivity (Wildman–Crippen MR) is 156 cm³/mol. The number of hydrogen-bond acceptors (Lipinski definition) is 4. The van der Waals surface area contributed by atoms with Crippen molar-refractivity contribution in [2.45, 2.75) is 50.9 Å². The third-order valence-corrected chi connectivity index (χ3v) is 7.97. The quantitative estimate of drug-likeness (QED) is 0.263. The van der Waals surface area contributed by atoms with Crippen LogP contribution in [0.15, 0.2) is 97.1 Å². The third-order valence-electron chi connectivity index (χ3n) is 7.97. The van der Waals surface area contributed by atoms with Crippen LogP contribution in [-0.2, 0) is 13.1 Å². The molecular formula is C34H38N2O2. The lowest BCUT2D eigenvalue weighted by molar-refractivity contribution is 0.0693. The molecule has 0 radical (unpaired) electrons. The first-order chi connectivity index (χ1) is 18.5. The second-order valence-electron chi connectivity index (χ2n) is 10.7. The van der Waals surface area contributed by atoms with E-state index in [0.717, 1.165) is 35.3 Å². The van der Waals surface area contributed by atoms with E-state index in [1.165, 1.54) is 36.8 Å². The fraction of sp³-hybridized carbons (Fsp3) is 0.294. The zero-order valence-corrected chi connectivity index (χ0v) is 22.4. The molecule has 0 unspecified atom stereocenters. The summed E-state index contributed by atoms with van der Waals surface area (Å²) in [6.07, 6.45) is 4.92. The van der Waals surface area contributed by atoms with Crippen LogP contribution in [0.4, 0.5) is 0 Å². The highest BCUT2D eigenvalue weighted by Crippen LogP contribution is 2.32. The highest BCUT2D eigenvalue weighted by molar-refractivity contribution is 5.71. The summed E-state index contributed by atoms with van der Waals surface area (Å²) in [6.45, 7) is 1.75. The van der Waals surface area contributed by atoms with Crippen LogP contribution in [0, 0.1) is 0 Å². The number of phenols is 2. The van der Waals surface area contributed by atoms with Crippen molar-refractivity contribution in [1.29, 1.82) is 0 Å². The monoisotopic (exact) mass is 506 g/mol. The van der Waals surface area contributed by atoms with Gasteiger partial charge in [-0.3, -0.25) is 9.80 Å². The van der Waals surface area contributed by atoms with Crippen molar-refractivity contribution in [3.8, 4) is 33.8 Å². The maximum Gasteiger partial charge on any atom is 0.123 e. The van der Waals surface area contributed by atoms with Gasteiger partial charge in [0.05, 0.1) is 0 Å². The number of benzene rings is 4. The lowest BCUT2D eigenvalue weighted by Crippen LogP contribution is -2.50. The van der Waals surface area contributed by atoms with E-state index < -0.39 is 0 Å². The molecule has 4 heteroatoms. The van der Waals surface area contributed by atoms with E-state index in [1.807, 2.05) is 36.4 Å². The molecule has 1 fully saturated rings. The molecule has 4 aromatic carbocycles. The van der Waals surface area contributed by atoms with Gasteiger partial charge in [-0.25, -0.2) is 0 Å². The van der Waals surface area contributed by atoms with E-state index in [-0.39, 0.29) is 0 Å². The van der Waals surface area contributed by atoms with Gasteiger partial charge in [-0.05, 0) is 73.5 Å². The maximum absolute atomic E-state index is 10.3. The summed E-state index contributed by atoms with van der Waals surface area (Å²) in [6, 6.07) is 33.1. The Labute approximate surface area is 226 Å². The Morgan fingerprint density at radius 2 is 1.00 bits per heavy atom. The molecule has 0 bridgehead atoms. The minimum Gasteiger partial charge on any atom is -0.507 e. The maximum atomic E-state index is 10.3. The Balaban J connectivity index is 1.29. The normalized spacial score (nSPS) is 17.7. The molecule has 196 valence electrons. The fourth-order valence-corrected chi connectivity index (χ4v) is 6.04. The minimum atomic E-state index is 0.318. The predicted octanol–water partition coefficient (Wildman–Crippen LogP) is 7.31. The SMILES string of the molecule is CN(Cc1cccc(-c2ccccc2O)c1)[C@@H]1CCCC[C@H]1N(C)Cc1cccc(-c2ccccc2O)c1. The lowest BCUT2D eigenvalue weighted by atomic mass is 9.87. The number of para-hydroxylation sites is 2. The van der Waals surface area contributed by atoms with Crippen LogP contribution in [-0.4, -0.2) is 46.2 Å². The van der Waals surface area contributed by atoms with E-state index in [9.17, 15) is 10.2 Å². The van der Waals surface area contributed by atoms with Crippen molar-refractivity contribution in [2.24, 2.45) is 0 Å². The third kappa shape index (κ3) is 5.93. The number of hydrogen-bond donors (Lipinski definition) is 2. The van der Waals surface area contributed by atoms with E-state index in [2.05, 4.69) is 72.4 Å². The van der Waals surface area contributed by atoms with Crippen LogP contribution in [0.1, 0.15) is 36.8 Å². The van der Waals surface area contributed by atoms with Crippen molar-refractivity contribution < 1.29 is 10.2 Å². The van der Waals surface area contributed by atoms with Gasteiger partial charge in [-0.2, -0.15) is 0 Å². The Morgan fingerprint density at radius 1 is 0.579 bits per heavy atom. The van der Waals surface area contributed by atoms with Gasteiger partial charge in [0.15, 0.2) is 0 Å². The molecule has 4 aromatic rings. The summed E-state index contributed by atoms with van der Waals surface area (Å²) in [5, 5.41) is 20.6. The van der Waals surface area contributed by atoms with Crippen LogP contribution >= 0.6 is 0 Å². The fourth-order valence-electron chi connectivity index (χ4n) is 6.04. The van der Waals surface area contributed by atoms with Crippen LogP contribution in [0.2, 0.25) is 0 Å². The van der Waals surface area contributed by atoms with Crippen LogP contribution < -0.4 is 0 Å². The Kier molecular flexibility index (Phi) is 8.11. The van der Waals surface area contributed by atoms with E-state index in [0.29, 0.717) is 23.6 Å². The molecule has 1 aliphatic rings. The van der Waals surface area contributed by atoms with Crippen molar-refractivity contribution in [3.05, 3.63) is 108 Å². The molecule has 0 aliphatic heterocycles. The molecule has 38 heavy (non-hydrogen) atoms. The van der Waals surface area contributed by atoms with Gasteiger partial charge < -0.3 is 10.2 Å².